The molecular weight excluding hydrogens is 314 g/mol. The van der Waals surface area contributed by atoms with E-state index in [2.05, 4.69) is 10.6 Å². The van der Waals surface area contributed by atoms with Crippen LogP contribution in [0.25, 0.3) is 0 Å². The van der Waals surface area contributed by atoms with E-state index in [1.54, 1.807) is 11.3 Å². The number of rotatable bonds is 4. The van der Waals surface area contributed by atoms with Crippen LogP contribution in [0.2, 0.25) is 5.02 Å². The molecule has 0 saturated carbocycles. The van der Waals surface area contributed by atoms with Crippen molar-refractivity contribution in [2.75, 3.05) is 5.32 Å². The molecule has 6 nitrogen and oxygen atoms in total. The van der Waals surface area contributed by atoms with Crippen LogP contribution in [0.5, 0.6) is 0 Å². The molecule has 1 aromatic carbocycles. The number of thiophene rings is 1. The lowest BCUT2D eigenvalue weighted by atomic mass is 10.2. The fourth-order valence-corrected chi connectivity index (χ4v) is 2.64. The van der Waals surface area contributed by atoms with E-state index in [1.165, 1.54) is 18.2 Å². The van der Waals surface area contributed by atoms with Gasteiger partial charge in [0.2, 0.25) is 0 Å². The lowest BCUT2D eigenvalue weighted by Crippen LogP contribution is -2.30. The van der Waals surface area contributed by atoms with Crippen LogP contribution in [-0.2, 0) is 0 Å². The average Bonchev–Trinajstić information content (AvgIpc) is 2.94. The van der Waals surface area contributed by atoms with Gasteiger partial charge >= 0.3 is 6.03 Å². The largest absolute Gasteiger partial charge is 0.331 e. The third-order valence-corrected chi connectivity index (χ3v) is 4.10. The molecule has 0 radical (unpaired) electrons. The smallest absolute Gasteiger partial charge is 0.319 e. The molecule has 2 rings (SSSR count). The summed E-state index contributed by atoms with van der Waals surface area (Å²) in [7, 11) is 0. The zero-order chi connectivity index (χ0) is 15.4. The number of amides is 2. The zero-order valence-electron chi connectivity index (χ0n) is 11.0. The SMILES string of the molecule is C[C@@H](NC(=O)Nc1ccc([N+](=O)[O-])cc1Cl)c1cccs1. The van der Waals surface area contributed by atoms with Gasteiger partial charge in [0, 0.05) is 17.0 Å². The van der Waals surface area contributed by atoms with Crippen molar-refractivity contribution >= 4 is 40.3 Å². The van der Waals surface area contributed by atoms with Crippen molar-refractivity contribution in [1.82, 2.24) is 5.32 Å². The van der Waals surface area contributed by atoms with Gasteiger partial charge in [0.25, 0.3) is 5.69 Å². The molecule has 1 atom stereocenters. The first-order valence-corrected chi connectivity index (χ1v) is 7.28. The van der Waals surface area contributed by atoms with Gasteiger partial charge in [-0.15, -0.1) is 11.3 Å². The van der Waals surface area contributed by atoms with Crippen molar-refractivity contribution in [2.45, 2.75) is 13.0 Å². The van der Waals surface area contributed by atoms with E-state index >= 15 is 0 Å². The predicted octanol–water partition coefficient (Wildman–Crippen LogP) is 4.19. The van der Waals surface area contributed by atoms with Crippen molar-refractivity contribution in [3.8, 4) is 0 Å². The van der Waals surface area contributed by atoms with Crippen LogP contribution < -0.4 is 10.6 Å². The Balaban J connectivity index is 2.01. The summed E-state index contributed by atoms with van der Waals surface area (Å²) in [6.07, 6.45) is 0. The second-order valence-corrected chi connectivity index (χ2v) is 5.64. The molecule has 1 aromatic heterocycles. The number of benzene rings is 1. The van der Waals surface area contributed by atoms with Crippen molar-refractivity contribution in [3.63, 3.8) is 0 Å². The molecule has 2 amide bonds. The van der Waals surface area contributed by atoms with Crippen LogP contribution >= 0.6 is 22.9 Å². The normalized spacial score (nSPS) is 11.7. The molecule has 0 fully saturated rings. The highest BCUT2D eigenvalue weighted by atomic mass is 35.5. The highest BCUT2D eigenvalue weighted by Crippen LogP contribution is 2.26. The summed E-state index contributed by atoms with van der Waals surface area (Å²) >= 11 is 7.45. The Bertz CT molecular complexity index is 661. The fourth-order valence-electron chi connectivity index (χ4n) is 1.68. The Kier molecular flexibility index (Phi) is 4.77. The number of carbonyl (C=O) groups is 1. The maximum absolute atomic E-state index is 11.9. The Morgan fingerprint density at radius 2 is 2.19 bits per heavy atom. The first kappa shape index (κ1) is 15.3. The number of halogens is 1. The summed E-state index contributed by atoms with van der Waals surface area (Å²) in [5.74, 6) is 0. The molecular formula is C13H12ClN3O3S. The molecule has 110 valence electrons. The lowest BCUT2D eigenvalue weighted by Gasteiger charge is -2.13. The van der Waals surface area contributed by atoms with Gasteiger partial charge in [-0.25, -0.2) is 4.79 Å². The molecule has 0 unspecified atom stereocenters. The van der Waals surface area contributed by atoms with E-state index in [9.17, 15) is 14.9 Å². The molecule has 8 heteroatoms. The lowest BCUT2D eigenvalue weighted by molar-refractivity contribution is -0.384. The summed E-state index contributed by atoms with van der Waals surface area (Å²) in [4.78, 5) is 23.0. The van der Waals surface area contributed by atoms with Crippen LogP contribution in [-0.4, -0.2) is 11.0 Å². The molecule has 2 aromatic rings. The highest BCUT2D eigenvalue weighted by molar-refractivity contribution is 7.10. The zero-order valence-corrected chi connectivity index (χ0v) is 12.6. The molecule has 0 aliphatic heterocycles. The predicted molar refractivity (Wildman–Crippen MR) is 83.0 cm³/mol. The summed E-state index contributed by atoms with van der Waals surface area (Å²) in [6.45, 7) is 1.86. The topological polar surface area (TPSA) is 84.3 Å². The Morgan fingerprint density at radius 3 is 2.76 bits per heavy atom. The van der Waals surface area contributed by atoms with Crippen LogP contribution in [0.4, 0.5) is 16.2 Å². The average molecular weight is 326 g/mol. The quantitative estimate of drug-likeness (QED) is 0.653. The van der Waals surface area contributed by atoms with Crippen molar-refractivity contribution in [1.29, 1.82) is 0 Å². The molecule has 1 heterocycles. The van der Waals surface area contributed by atoms with E-state index < -0.39 is 11.0 Å². The fraction of sp³-hybridized carbons (Fsp3) is 0.154. The summed E-state index contributed by atoms with van der Waals surface area (Å²) < 4.78 is 0. The third kappa shape index (κ3) is 3.93. The van der Waals surface area contributed by atoms with Gasteiger partial charge in [0.15, 0.2) is 0 Å². The summed E-state index contributed by atoms with van der Waals surface area (Å²) in [5.41, 5.74) is 0.191. The van der Waals surface area contributed by atoms with Crippen LogP contribution in [0.1, 0.15) is 17.8 Å². The number of carbonyl (C=O) groups excluding carboxylic acids is 1. The highest BCUT2D eigenvalue weighted by Gasteiger charge is 2.13. The van der Waals surface area contributed by atoms with Crippen molar-refractivity contribution in [2.24, 2.45) is 0 Å². The number of nitrogens with one attached hydrogen (secondary N) is 2. The second kappa shape index (κ2) is 6.55. The van der Waals surface area contributed by atoms with Gasteiger partial charge < -0.3 is 10.6 Å². The Hall–Kier alpha value is -2.12. The van der Waals surface area contributed by atoms with E-state index in [4.69, 9.17) is 11.6 Å². The monoisotopic (exact) mass is 325 g/mol. The molecule has 0 saturated heterocycles. The molecule has 0 spiro atoms. The van der Waals surface area contributed by atoms with Gasteiger partial charge in [-0.05, 0) is 24.4 Å². The number of nitro groups is 1. The first-order valence-electron chi connectivity index (χ1n) is 6.02. The van der Waals surface area contributed by atoms with Crippen molar-refractivity contribution < 1.29 is 9.72 Å². The number of non-ortho nitro benzene ring substituents is 1. The van der Waals surface area contributed by atoms with Crippen LogP contribution in [0, 0.1) is 10.1 Å². The number of hydrogen-bond acceptors (Lipinski definition) is 4. The molecule has 21 heavy (non-hydrogen) atoms. The molecule has 0 bridgehead atoms. The number of nitrogens with zero attached hydrogens (tertiary/aromatic N) is 1. The Morgan fingerprint density at radius 1 is 1.43 bits per heavy atom. The second-order valence-electron chi connectivity index (χ2n) is 4.26. The maximum atomic E-state index is 11.9. The third-order valence-electron chi connectivity index (χ3n) is 2.73. The minimum Gasteiger partial charge on any atom is -0.331 e. The number of hydrogen-bond donors (Lipinski definition) is 2. The number of anilines is 1. The Labute approximate surface area is 129 Å². The molecule has 0 aliphatic carbocycles. The van der Waals surface area contributed by atoms with E-state index in [0.29, 0.717) is 5.69 Å². The minimum absolute atomic E-state index is 0.114. The maximum Gasteiger partial charge on any atom is 0.319 e. The molecule has 2 N–H and O–H groups in total. The van der Waals surface area contributed by atoms with E-state index in [1.807, 2.05) is 24.4 Å². The number of urea groups is 1. The minimum atomic E-state index is -0.547. The van der Waals surface area contributed by atoms with Gasteiger partial charge in [-0.2, -0.15) is 0 Å². The molecule has 0 aliphatic rings. The van der Waals surface area contributed by atoms with Crippen LogP contribution in [0.3, 0.4) is 0 Å². The standard InChI is InChI=1S/C13H12ClN3O3S/c1-8(12-3-2-6-21-12)15-13(18)16-11-5-4-9(17(19)20)7-10(11)14/h2-8H,1H3,(H2,15,16,18)/t8-/m1/s1. The van der Waals surface area contributed by atoms with Gasteiger partial charge in [0.1, 0.15) is 0 Å². The van der Waals surface area contributed by atoms with Crippen LogP contribution in [0.15, 0.2) is 35.7 Å². The summed E-state index contributed by atoms with van der Waals surface area (Å²) in [6, 6.07) is 7.14. The van der Waals surface area contributed by atoms with E-state index in [0.717, 1.165) is 4.88 Å². The first-order chi connectivity index (χ1) is 9.97. The number of nitro benzene ring substituents is 1. The van der Waals surface area contributed by atoms with Gasteiger partial charge in [-0.3, -0.25) is 10.1 Å². The summed E-state index contributed by atoms with van der Waals surface area (Å²) in [5, 5.41) is 18.0. The van der Waals surface area contributed by atoms with Gasteiger partial charge in [-0.1, -0.05) is 17.7 Å². The van der Waals surface area contributed by atoms with E-state index in [-0.39, 0.29) is 16.8 Å². The van der Waals surface area contributed by atoms with Gasteiger partial charge in [0.05, 0.1) is 21.7 Å². The van der Waals surface area contributed by atoms with Crippen molar-refractivity contribution in [3.05, 3.63) is 55.7 Å².